The number of carbonyl (C=O) groups excluding carboxylic acids is 4. The minimum atomic E-state index is -3.97. The first kappa shape index (κ1) is 28.1. The first-order valence-electron chi connectivity index (χ1n) is 10.9. The number of benzene rings is 1. The summed E-state index contributed by atoms with van der Waals surface area (Å²) >= 11 is 0. The standard InChI is InChI=1S/C22H30O11Si2/c1-6-22(26)28-10-7-12-34(5)29-15-19-14-20(8-9-21(19)33-34)27-11-13-35(30-16(2)23,31-17(3)24)32-18(4)25/h6,8-9,14H,1,7,10-13,15H2,2-5H3. The summed E-state index contributed by atoms with van der Waals surface area (Å²) in [4.78, 5) is 45.7. The zero-order valence-electron chi connectivity index (χ0n) is 20.2. The van der Waals surface area contributed by atoms with E-state index in [1.807, 2.05) is 6.55 Å². The van der Waals surface area contributed by atoms with Gasteiger partial charge in [0.1, 0.15) is 11.5 Å². The van der Waals surface area contributed by atoms with Crippen LogP contribution in [0.1, 0.15) is 32.8 Å². The Bertz CT molecular complexity index is 924. The lowest BCUT2D eigenvalue weighted by Gasteiger charge is -2.33. The maximum absolute atomic E-state index is 11.5. The zero-order valence-corrected chi connectivity index (χ0v) is 22.2. The van der Waals surface area contributed by atoms with Crippen LogP contribution in [0, 0.1) is 0 Å². The van der Waals surface area contributed by atoms with Gasteiger partial charge in [0, 0.05) is 38.5 Å². The molecule has 1 heterocycles. The van der Waals surface area contributed by atoms with Gasteiger partial charge in [-0.05, 0) is 31.2 Å². The molecule has 1 aliphatic heterocycles. The van der Waals surface area contributed by atoms with Crippen molar-refractivity contribution in [2.75, 3.05) is 13.2 Å². The molecule has 1 aliphatic rings. The van der Waals surface area contributed by atoms with Crippen molar-refractivity contribution in [3.63, 3.8) is 0 Å². The zero-order chi connectivity index (χ0) is 26.1. The largest absolute Gasteiger partial charge is 0.708 e. The van der Waals surface area contributed by atoms with Gasteiger partial charge in [0.25, 0.3) is 17.9 Å². The van der Waals surface area contributed by atoms with E-state index in [1.165, 1.54) is 0 Å². The summed E-state index contributed by atoms with van der Waals surface area (Å²) in [5.41, 5.74) is 0.786. The van der Waals surface area contributed by atoms with Crippen LogP contribution in [-0.4, -0.2) is 54.5 Å². The highest BCUT2D eigenvalue weighted by Gasteiger charge is 2.51. The van der Waals surface area contributed by atoms with E-state index in [2.05, 4.69) is 6.58 Å². The Balaban J connectivity index is 1.98. The second-order valence-corrected chi connectivity index (χ2v) is 13.6. The molecule has 0 amide bonds. The van der Waals surface area contributed by atoms with Gasteiger partial charge in [0.2, 0.25) is 0 Å². The average Bonchev–Trinajstić information content (AvgIpc) is 2.75. The van der Waals surface area contributed by atoms with E-state index in [-0.39, 0.29) is 19.3 Å². The van der Waals surface area contributed by atoms with Crippen molar-refractivity contribution >= 4 is 41.2 Å². The Kier molecular flexibility index (Phi) is 10.0. The summed E-state index contributed by atoms with van der Waals surface area (Å²) in [7, 11) is -6.45. The summed E-state index contributed by atoms with van der Waals surface area (Å²) in [6.07, 6.45) is 1.73. The average molecular weight is 527 g/mol. The summed E-state index contributed by atoms with van der Waals surface area (Å²) in [6, 6.07) is 5.76. The smallest absolute Gasteiger partial charge is 0.520 e. The lowest BCUT2D eigenvalue weighted by atomic mass is 10.2. The van der Waals surface area contributed by atoms with Gasteiger partial charge in [-0.25, -0.2) is 4.79 Å². The van der Waals surface area contributed by atoms with Crippen molar-refractivity contribution < 1.29 is 50.8 Å². The maximum atomic E-state index is 11.5. The van der Waals surface area contributed by atoms with E-state index in [1.54, 1.807) is 18.2 Å². The molecular weight excluding hydrogens is 496 g/mol. The maximum Gasteiger partial charge on any atom is 0.708 e. The fourth-order valence-electron chi connectivity index (χ4n) is 3.27. The highest BCUT2D eigenvalue weighted by molar-refractivity contribution is 6.67. The van der Waals surface area contributed by atoms with Crippen LogP contribution in [0.25, 0.3) is 0 Å². The van der Waals surface area contributed by atoms with Crippen molar-refractivity contribution in [3.8, 4) is 11.5 Å². The molecule has 11 nitrogen and oxygen atoms in total. The van der Waals surface area contributed by atoms with E-state index >= 15 is 0 Å². The number of carbonyl (C=O) groups is 4. The predicted molar refractivity (Wildman–Crippen MR) is 125 cm³/mol. The van der Waals surface area contributed by atoms with Gasteiger partial charge in [0.15, 0.2) is 0 Å². The Morgan fingerprint density at radius 1 is 1.06 bits per heavy atom. The molecule has 192 valence electrons. The molecule has 0 aliphatic carbocycles. The summed E-state index contributed by atoms with van der Waals surface area (Å²) in [6.45, 7) is 9.23. The van der Waals surface area contributed by atoms with Gasteiger partial charge >= 0.3 is 23.3 Å². The second-order valence-electron chi connectivity index (χ2n) is 7.83. The van der Waals surface area contributed by atoms with Crippen LogP contribution in [0.15, 0.2) is 30.9 Å². The van der Waals surface area contributed by atoms with Crippen LogP contribution in [0.4, 0.5) is 0 Å². The third kappa shape index (κ3) is 9.18. The van der Waals surface area contributed by atoms with Crippen molar-refractivity contribution in [1.29, 1.82) is 0 Å². The molecule has 1 atom stereocenters. The molecule has 0 saturated carbocycles. The number of hydrogen-bond acceptors (Lipinski definition) is 11. The van der Waals surface area contributed by atoms with Crippen molar-refractivity contribution in [3.05, 3.63) is 36.4 Å². The minimum Gasteiger partial charge on any atom is -0.520 e. The van der Waals surface area contributed by atoms with E-state index in [4.69, 9.17) is 31.6 Å². The highest BCUT2D eigenvalue weighted by atomic mass is 28.4. The molecule has 1 aromatic rings. The molecule has 0 fully saturated rings. The van der Waals surface area contributed by atoms with Crippen LogP contribution in [0.3, 0.4) is 0 Å². The SMILES string of the molecule is C=CC(=O)OCCC[Si]1(C)OCc2cc(OCC[Si](OC(C)=O)(OC(C)=O)OC(C)=O)ccc2O1. The summed E-state index contributed by atoms with van der Waals surface area (Å²) in [5.74, 6) is -1.53. The van der Waals surface area contributed by atoms with Crippen molar-refractivity contribution in [2.45, 2.75) is 52.4 Å². The molecule has 13 heteroatoms. The van der Waals surface area contributed by atoms with Crippen LogP contribution in [0.5, 0.6) is 11.5 Å². The number of esters is 1. The van der Waals surface area contributed by atoms with E-state index in [0.717, 1.165) is 32.4 Å². The summed E-state index contributed by atoms with van der Waals surface area (Å²) < 4.78 is 38.3. The molecule has 0 bridgehead atoms. The number of ether oxygens (including phenoxy) is 2. The Labute approximate surface area is 205 Å². The normalized spacial score (nSPS) is 16.7. The summed E-state index contributed by atoms with van der Waals surface area (Å²) in [5, 5.41) is 0. The molecule has 0 N–H and O–H groups in total. The fraction of sp³-hybridized carbons (Fsp3) is 0.455. The molecular formula is C22H30O11Si2. The molecule has 2 rings (SSSR count). The number of hydrogen-bond donors (Lipinski definition) is 0. The topological polar surface area (TPSA) is 133 Å². The molecule has 0 saturated heterocycles. The molecule has 1 aromatic carbocycles. The van der Waals surface area contributed by atoms with Gasteiger partial charge in [-0.1, -0.05) is 6.58 Å². The van der Waals surface area contributed by atoms with Crippen molar-refractivity contribution in [2.24, 2.45) is 0 Å². The first-order chi connectivity index (χ1) is 16.5. The molecule has 0 spiro atoms. The molecule has 0 radical (unpaired) electrons. The third-order valence-corrected chi connectivity index (χ3v) is 9.93. The van der Waals surface area contributed by atoms with Crippen LogP contribution in [-0.2, 0) is 48.2 Å². The second kappa shape index (κ2) is 12.5. The molecule has 35 heavy (non-hydrogen) atoms. The van der Waals surface area contributed by atoms with Crippen LogP contribution < -0.4 is 9.16 Å². The van der Waals surface area contributed by atoms with Crippen molar-refractivity contribution in [1.82, 2.24) is 0 Å². The number of fused-ring (bicyclic) bond motifs is 1. The predicted octanol–water partition coefficient (Wildman–Crippen LogP) is 2.79. The molecule has 0 aromatic heterocycles. The van der Waals surface area contributed by atoms with Gasteiger partial charge in [0.05, 0.1) is 25.9 Å². The highest BCUT2D eigenvalue weighted by Crippen LogP contribution is 2.34. The van der Waals surface area contributed by atoms with Gasteiger partial charge in [-0.15, -0.1) is 0 Å². The fourth-order valence-corrected chi connectivity index (χ4v) is 7.58. The lowest BCUT2D eigenvalue weighted by molar-refractivity contribution is -0.148. The lowest BCUT2D eigenvalue weighted by Crippen LogP contribution is -2.50. The van der Waals surface area contributed by atoms with E-state index in [9.17, 15) is 19.2 Å². The van der Waals surface area contributed by atoms with E-state index in [0.29, 0.717) is 30.6 Å². The Hall–Kier alpha value is -3.17. The van der Waals surface area contributed by atoms with Crippen LogP contribution in [0.2, 0.25) is 18.6 Å². The van der Waals surface area contributed by atoms with Gasteiger partial charge < -0.3 is 31.6 Å². The monoisotopic (exact) mass is 526 g/mol. The van der Waals surface area contributed by atoms with E-state index < -0.39 is 41.2 Å². The minimum absolute atomic E-state index is 0.0452. The molecule has 1 unspecified atom stereocenters. The Morgan fingerprint density at radius 2 is 1.69 bits per heavy atom. The van der Waals surface area contributed by atoms with Gasteiger partial charge in [-0.2, -0.15) is 0 Å². The first-order valence-corrected chi connectivity index (χ1v) is 15.4. The quantitative estimate of drug-likeness (QED) is 0.172. The van der Waals surface area contributed by atoms with Gasteiger partial charge in [-0.3, -0.25) is 14.4 Å². The Morgan fingerprint density at radius 3 is 2.26 bits per heavy atom. The van der Waals surface area contributed by atoms with Crippen LogP contribution >= 0.6 is 0 Å². The third-order valence-electron chi connectivity index (χ3n) is 4.65. The number of rotatable bonds is 12.